The Morgan fingerprint density at radius 2 is 0.605 bits per heavy atom. The number of aryl methyl sites for hydroxylation is 4. The standard InChI is InChI=1S/C48H40P2.C21H22NP.2ClH.Ru/c1-33-13-23-39(24-14-33)49(40-25-15-34(2)16-26-40)45-31-21-37-9-5-7-11-43(37)47(45)48-44-12-8-6-10-38(44)22-32-46(48)50(41-27-17-35(3)18-28-41)42-29-19-36(4)20-30-42;1-17(22)21(18-11-5-2-6-12-18)23(19-13-7-3-8-14-19)20-15-9-4-10-16-20;;;/h5-32H,1-4H3;2-17,21H,22H2,1H3;2*1H;/q;;;;+2/p-2. The minimum atomic E-state index is -0.885. The Hall–Kier alpha value is -5.61. The summed E-state index contributed by atoms with van der Waals surface area (Å²) in [5.74, 6) is 0. The molecule has 0 saturated carbocycles. The summed E-state index contributed by atoms with van der Waals surface area (Å²) in [6.45, 7) is 10.8. The Morgan fingerprint density at radius 1 is 0.316 bits per heavy atom. The fourth-order valence-electron chi connectivity index (χ4n) is 10.0. The van der Waals surface area contributed by atoms with Crippen LogP contribution in [-0.4, -0.2) is 6.04 Å². The van der Waals surface area contributed by atoms with Gasteiger partial charge in [0.15, 0.2) is 0 Å². The van der Waals surface area contributed by atoms with Gasteiger partial charge in [0.05, 0.1) is 0 Å². The second-order valence-electron chi connectivity index (χ2n) is 19.1. The zero-order valence-corrected chi connectivity index (χ0v) is 49.4. The summed E-state index contributed by atoms with van der Waals surface area (Å²) in [4.78, 5) is 0. The molecule has 2 N–H and O–H groups in total. The largest absolute Gasteiger partial charge is 2.00 e. The van der Waals surface area contributed by atoms with Crippen LogP contribution in [0.2, 0.25) is 0 Å². The van der Waals surface area contributed by atoms with Crippen LogP contribution in [-0.2, 0) is 19.5 Å². The molecule has 0 radical (unpaired) electrons. The third kappa shape index (κ3) is 13.0. The summed E-state index contributed by atoms with van der Waals surface area (Å²) in [5, 5.41) is 16.1. The van der Waals surface area contributed by atoms with Gasteiger partial charge < -0.3 is 30.5 Å². The monoisotopic (exact) mass is 1170 g/mol. The van der Waals surface area contributed by atoms with Gasteiger partial charge in [-0.05, 0) is 139 Å². The van der Waals surface area contributed by atoms with E-state index in [0.29, 0.717) is 5.66 Å². The van der Waals surface area contributed by atoms with Gasteiger partial charge in [0, 0.05) is 11.7 Å². The van der Waals surface area contributed by atoms with E-state index in [1.54, 1.807) is 0 Å². The van der Waals surface area contributed by atoms with Crippen molar-refractivity contribution in [2.75, 3.05) is 0 Å². The third-order valence-electron chi connectivity index (χ3n) is 13.7. The predicted octanol–water partition coefficient (Wildman–Crippen LogP) is 8.62. The maximum absolute atomic E-state index is 6.46. The molecule has 0 aliphatic carbocycles. The van der Waals surface area contributed by atoms with Crippen LogP contribution >= 0.6 is 23.8 Å². The molecule has 380 valence electrons. The first-order chi connectivity index (χ1) is 35.7. The molecule has 11 aromatic carbocycles. The smallest absolute Gasteiger partial charge is 1.00 e. The maximum atomic E-state index is 6.46. The van der Waals surface area contributed by atoms with Crippen molar-refractivity contribution in [2.24, 2.45) is 5.73 Å². The fourth-order valence-corrected chi connectivity index (χ4v) is 17.8. The average molecular weight is 1170 g/mol. The molecule has 0 bridgehead atoms. The van der Waals surface area contributed by atoms with E-state index < -0.39 is 23.8 Å². The molecule has 11 rings (SSSR count). The average Bonchev–Trinajstić information content (AvgIpc) is 3.43. The molecular formula is C69H62Cl2NP3Ru. The molecule has 0 aliphatic heterocycles. The van der Waals surface area contributed by atoms with E-state index in [1.165, 1.54) is 103 Å². The predicted molar refractivity (Wildman–Crippen MR) is 325 cm³/mol. The SMILES string of the molecule is CC(N)C(c1ccccc1)P(c1ccccc1)c1ccccc1.Cc1ccc(P(c2ccc(C)cc2)c2ccc3ccccc3c2-c2c(P(c3ccc(C)cc3)c3ccc(C)cc3)ccc3ccccc23)cc1.[Cl-].[Cl-].[Ru+2]. The first-order valence-electron chi connectivity index (χ1n) is 25.3. The van der Waals surface area contributed by atoms with Crippen LogP contribution in [0, 0.1) is 27.7 Å². The van der Waals surface area contributed by atoms with Gasteiger partial charge >= 0.3 is 19.5 Å². The molecule has 0 heterocycles. The van der Waals surface area contributed by atoms with Crippen LogP contribution in [0.15, 0.2) is 261 Å². The zero-order chi connectivity index (χ0) is 50.3. The Labute approximate surface area is 480 Å². The number of hydrogen-bond acceptors (Lipinski definition) is 1. The number of nitrogens with two attached hydrogens (primary N) is 1. The molecule has 0 fully saturated rings. The molecule has 0 aliphatic rings. The van der Waals surface area contributed by atoms with Crippen molar-refractivity contribution < 1.29 is 44.3 Å². The summed E-state index contributed by atoms with van der Waals surface area (Å²) >= 11 is 0. The van der Waals surface area contributed by atoms with Gasteiger partial charge in [-0.3, -0.25) is 0 Å². The number of fused-ring (bicyclic) bond motifs is 2. The van der Waals surface area contributed by atoms with E-state index in [4.69, 9.17) is 5.73 Å². The molecular weight excluding hydrogens is 1110 g/mol. The van der Waals surface area contributed by atoms with Gasteiger partial charge in [0.1, 0.15) is 0 Å². The van der Waals surface area contributed by atoms with Crippen LogP contribution in [0.25, 0.3) is 32.7 Å². The van der Waals surface area contributed by atoms with Crippen molar-refractivity contribution >= 4 is 87.7 Å². The Balaban J connectivity index is 0.000000273. The molecule has 0 spiro atoms. The fraction of sp³-hybridized carbons (Fsp3) is 0.101. The second kappa shape index (κ2) is 27.1. The van der Waals surface area contributed by atoms with Crippen molar-refractivity contribution in [3.63, 3.8) is 0 Å². The zero-order valence-electron chi connectivity index (χ0n) is 43.5. The van der Waals surface area contributed by atoms with E-state index in [1.807, 2.05) is 0 Å². The molecule has 7 heteroatoms. The molecule has 2 atom stereocenters. The topological polar surface area (TPSA) is 26.0 Å². The minimum absolute atomic E-state index is 0. The molecule has 0 saturated heterocycles. The van der Waals surface area contributed by atoms with Crippen molar-refractivity contribution in [1.29, 1.82) is 0 Å². The van der Waals surface area contributed by atoms with Gasteiger partial charge in [-0.25, -0.2) is 0 Å². The summed E-state index contributed by atoms with van der Waals surface area (Å²) in [6, 6.07) is 97.0. The molecule has 11 aromatic rings. The van der Waals surface area contributed by atoms with E-state index in [0.717, 1.165) is 0 Å². The maximum Gasteiger partial charge on any atom is 2.00 e. The Bertz CT molecular complexity index is 3270. The quantitative estimate of drug-likeness (QED) is 0.0964. The first-order valence-corrected chi connectivity index (χ1v) is 29.4. The molecule has 2 unspecified atom stereocenters. The number of hydrogen-bond donors (Lipinski definition) is 1. The van der Waals surface area contributed by atoms with Crippen molar-refractivity contribution in [3.05, 3.63) is 289 Å². The van der Waals surface area contributed by atoms with Crippen LogP contribution in [0.5, 0.6) is 0 Å². The third-order valence-corrected chi connectivity index (χ3v) is 21.7. The summed E-state index contributed by atoms with van der Waals surface area (Å²) in [5.41, 5.74) is 15.9. The number of halogens is 2. The first kappa shape index (κ1) is 58.1. The van der Waals surface area contributed by atoms with Gasteiger partial charge in [-0.15, -0.1) is 0 Å². The van der Waals surface area contributed by atoms with Crippen LogP contribution in [0.4, 0.5) is 0 Å². The van der Waals surface area contributed by atoms with Gasteiger partial charge in [-0.2, -0.15) is 0 Å². The molecule has 1 nitrogen and oxygen atoms in total. The van der Waals surface area contributed by atoms with Crippen molar-refractivity contribution in [2.45, 2.75) is 46.3 Å². The number of rotatable bonds is 12. The van der Waals surface area contributed by atoms with Gasteiger partial charge in [0.25, 0.3) is 0 Å². The van der Waals surface area contributed by atoms with Crippen molar-refractivity contribution in [3.8, 4) is 11.1 Å². The molecule has 0 amide bonds. The molecule has 76 heavy (non-hydrogen) atoms. The Morgan fingerprint density at radius 3 is 0.921 bits per heavy atom. The van der Waals surface area contributed by atoms with Gasteiger partial charge in [-0.1, -0.05) is 283 Å². The van der Waals surface area contributed by atoms with Crippen LogP contribution in [0.1, 0.15) is 40.4 Å². The van der Waals surface area contributed by atoms with E-state index in [9.17, 15) is 0 Å². The number of benzene rings is 11. The summed E-state index contributed by atoms with van der Waals surface area (Å²) < 4.78 is 0. The summed E-state index contributed by atoms with van der Waals surface area (Å²) in [7, 11) is -2.33. The van der Waals surface area contributed by atoms with Gasteiger partial charge in [0.2, 0.25) is 0 Å². The second-order valence-corrected chi connectivity index (χ2v) is 25.8. The summed E-state index contributed by atoms with van der Waals surface area (Å²) in [6.07, 6.45) is 0. The molecule has 0 aromatic heterocycles. The van der Waals surface area contributed by atoms with E-state index >= 15 is 0 Å². The Kier molecular flexibility index (Phi) is 20.7. The minimum Gasteiger partial charge on any atom is -1.00 e. The van der Waals surface area contributed by atoms with Crippen molar-refractivity contribution in [1.82, 2.24) is 0 Å². The normalized spacial score (nSPS) is 11.8. The van der Waals surface area contributed by atoms with Crippen LogP contribution < -0.4 is 73.0 Å². The van der Waals surface area contributed by atoms with Crippen LogP contribution in [0.3, 0.4) is 0 Å². The van der Waals surface area contributed by atoms with E-state index in [-0.39, 0.29) is 50.3 Å². The van der Waals surface area contributed by atoms with E-state index in [2.05, 4.69) is 295 Å².